The van der Waals surface area contributed by atoms with E-state index in [4.69, 9.17) is 4.74 Å². The Labute approximate surface area is 92.7 Å². The standard InChI is InChI=1S/C13H21NO/c1-8(2)11-10(5)7-14-13(15-6)12(11)9(3)4/h7-9H,1-6H3. The maximum absolute atomic E-state index is 5.34. The van der Waals surface area contributed by atoms with Gasteiger partial charge in [-0.3, -0.25) is 0 Å². The van der Waals surface area contributed by atoms with E-state index >= 15 is 0 Å². The first kappa shape index (κ1) is 12.0. The summed E-state index contributed by atoms with van der Waals surface area (Å²) in [5.74, 6) is 1.74. The van der Waals surface area contributed by atoms with E-state index in [9.17, 15) is 0 Å². The van der Waals surface area contributed by atoms with Gasteiger partial charge in [0.15, 0.2) is 0 Å². The molecule has 1 heterocycles. The summed E-state index contributed by atoms with van der Waals surface area (Å²) in [6.45, 7) is 10.9. The zero-order valence-corrected chi connectivity index (χ0v) is 10.6. The van der Waals surface area contributed by atoms with Gasteiger partial charge < -0.3 is 4.74 Å². The topological polar surface area (TPSA) is 22.1 Å². The average molecular weight is 207 g/mol. The molecule has 1 aromatic heterocycles. The lowest BCUT2D eigenvalue weighted by molar-refractivity contribution is 0.388. The molecule has 1 rings (SSSR count). The van der Waals surface area contributed by atoms with Crippen LogP contribution in [0.15, 0.2) is 6.20 Å². The molecule has 0 radical (unpaired) electrons. The van der Waals surface area contributed by atoms with Crippen molar-refractivity contribution in [3.05, 3.63) is 22.9 Å². The fraction of sp³-hybridized carbons (Fsp3) is 0.615. The lowest BCUT2D eigenvalue weighted by atomic mass is 9.89. The summed E-state index contributed by atoms with van der Waals surface area (Å²) in [7, 11) is 1.69. The van der Waals surface area contributed by atoms with E-state index in [2.05, 4.69) is 39.6 Å². The number of ether oxygens (including phenoxy) is 1. The first-order valence-corrected chi connectivity index (χ1v) is 5.52. The van der Waals surface area contributed by atoms with Crippen LogP contribution in [0.1, 0.15) is 56.2 Å². The third-order valence-corrected chi connectivity index (χ3v) is 2.67. The molecule has 0 bridgehead atoms. The number of methoxy groups -OCH3 is 1. The number of hydrogen-bond acceptors (Lipinski definition) is 2. The van der Waals surface area contributed by atoms with Crippen molar-refractivity contribution in [3.63, 3.8) is 0 Å². The van der Waals surface area contributed by atoms with Gasteiger partial charge in [-0.15, -0.1) is 0 Å². The Kier molecular flexibility index (Phi) is 3.72. The van der Waals surface area contributed by atoms with Gasteiger partial charge in [-0.1, -0.05) is 27.7 Å². The van der Waals surface area contributed by atoms with Crippen LogP contribution < -0.4 is 4.74 Å². The molecule has 0 aliphatic rings. The first-order valence-electron chi connectivity index (χ1n) is 5.52. The van der Waals surface area contributed by atoms with Crippen molar-refractivity contribution in [2.24, 2.45) is 0 Å². The molecule has 0 aliphatic carbocycles. The maximum Gasteiger partial charge on any atom is 0.216 e. The Morgan fingerprint density at radius 2 is 1.60 bits per heavy atom. The summed E-state index contributed by atoms with van der Waals surface area (Å²) in [5.41, 5.74) is 3.90. The molecule has 0 spiro atoms. The van der Waals surface area contributed by atoms with Gasteiger partial charge in [-0.2, -0.15) is 0 Å². The van der Waals surface area contributed by atoms with Gasteiger partial charge in [-0.25, -0.2) is 4.98 Å². The van der Waals surface area contributed by atoms with Gasteiger partial charge in [0, 0.05) is 11.8 Å². The second kappa shape index (κ2) is 4.65. The number of rotatable bonds is 3. The lowest BCUT2D eigenvalue weighted by Crippen LogP contribution is -2.06. The molecule has 0 aromatic carbocycles. The van der Waals surface area contributed by atoms with Crippen molar-refractivity contribution >= 4 is 0 Å². The fourth-order valence-corrected chi connectivity index (χ4v) is 2.11. The van der Waals surface area contributed by atoms with E-state index in [0.29, 0.717) is 11.8 Å². The predicted molar refractivity (Wildman–Crippen MR) is 63.7 cm³/mol. The highest BCUT2D eigenvalue weighted by Crippen LogP contribution is 2.34. The Balaban J connectivity index is 3.44. The van der Waals surface area contributed by atoms with Crippen LogP contribution in [0.4, 0.5) is 0 Å². The average Bonchev–Trinajstić information content (AvgIpc) is 2.16. The fourth-order valence-electron chi connectivity index (χ4n) is 2.11. The monoisotopic (exact) mass is 207 g/mol. The van der Waals surface area contributed by atoms with Crippen LogP contribution in [-0.2, 0) is 0 Å². The highest BCUT2D eigenvalue weighted by atomic mass is 16.5. The van der Waals surface area contributed by atoms with Gasteiger partial charge in [-0.05, 0) is 29.9 Å². The minimum Gasteiger partial charge on any atom is -0.481 e. The zero-order valence-electron chi connectivity index (χ0n) is 10.6. The smallest absolute Gasteiger partial charge is 0.216 e. The van der Waals surface area contributed by atoms with Gasteiger partial charge in [0.05, 0.1) is 7.11 Å². The quantitative estimate of drug-likeness (QED) is 0.754. The van der Waals surface area contributed by atoms with E-state index in [1.54, 1.807) is 7.11 Å². The number of aromatic nitrogens is 1. The number of hydrogen-bond donors (Lipinski definition) is 0. The van der Waals surface area contributed by atoms with Crippen molar-refractivity contribution in [1.29, 1.82) is 0 Å². The highest BCUT2D eigenvalue weighted by molar-refractivity contribution is 5.43. The molecule has 0 N–H and O–H groups in total. The van der Waals surface area contributed by atoms with Crippen molar-refractivity contribution < 1.29 is 4.74 Å². The van der Waals surface area contributed by atoms with Crippen LogP contribution in [0.3, 0.4) is 0 Å². The summed E-state index contributed by atoms with van der Waals surface area (Å²) in [6.07, 6.45) is 1.90. The molecule has 0 unspecified atom stereocenters. The molecular formula is C13H21NO. The largest absolute Gasteiger partial charge is 0.481 e. The van der Waals surface area contributed by atoms with Crippen molar-refractivity contribution in [2.45, 2.75) is 46.5 Å². The maximum atomic E-state index is 5.34. The van der Waals surface area contributed by atoms with Crippen molar-refractivity contribution in [3.8, 4) is 5.88 Å². The predicted octanol–water partition coefficient (Wildman–Crippen LogP) is 3.65. The first-order chi connectivity index (χ1) is 6.99. The summed E-state index contributed by atoms with van der Waals surface area (Å²) in [4.78, 5) is 4.34. The molecule has 2 heteroatoms. The second-order valence-corrected chi connectivity index (χ2v) is 4.59. The molecule has 2 nitrogen and oxygen atoms in total. The summed E-state index contributed by atoms with van der Waals surface area (Å²) >= 11 is 0. The normalized spacial score (nSPS) is 11.2. The molecule has 1 aromatic rings. The lowest BCUT2D eigenvalue weighted by Gasteiger charge is -2.20. The van der Waals surface area contributed by atoms with Crippen LogP contribution in [0, 0.1) is 6.92 Å². The van der Waals surface area contributed by atoms with Gasteiger partial charge >= 0.3 is 0 Å². The van der Waals surface area contributed by atoms with Gasteiger partial charge in [0.25, 0.3) is 0 Å². The molecule has 0 fully saturated rings. The van der Waals surface area contributed by atoms with Crippen LogP contribution in [0.25, 0.3) is 0 Å². The third-order valence-electron chi connectivity index (χ3n) is 2.67. The van der Waals surface area contributed by atoms with E-state index in [0.717, 1.165) is 5.88 Å². The molecule has 84 valence electrons. The van der Waals surface area contributed by atoms with E-state index in [-0.39, 0.29) is 0 Å². The van der Waals surface area contributed by atoms with Gasteiger partial charge in [0.1, 0.15) is 0 Å². The minimum atomic E-state index is 0.449. The molecule has 15 heavy (non-hydrogen) atoms. The minimum absolute atomic E-state index is 0.449. The van der Waals surface area contributed by atoms with E-state index in [1.807, 2.05) is 6.20 Å². The van der Waals surface area contributed by atoms with E-state index in [1.165, 1.54) is 16.7 Å². The Bertz CT molecular complexity index is 343. The molecule has 0 saturated carbocycles. The highest BCUT2D eigenvalue weighted by Gasteiger charge is 2.18. The third kappa shape index (κ3) is 2.31. The summed E-state index contributed by atoms with van der Waals surface area (Å²) in [6, 6.07) is 0. The molecule has 0 aliphatic heterocycles. The number of pyridine rings is 1. The van der Waals surface area contributed by atoms with E-state index < -0.39 is 0 Å². The number of nitrogens with zero attached hydrogens (tertiary/aromatic N) is 1. The van der Waals surface area contributed by atoms with Crippen LogP contribution in [0.2, 0.25) is 0 Å². The Morgan fingerprint density at radius 3 is 2.00 bits per heavy atom. The molecule has 0 saturated heterocycles. The van der Waals surface area contributed by atoms with Crippen LogP contribution >= 0.6 is 0 Å². The van der Waals surface area contributed by atoms with Crippen molar-refractivity contribution in [1.82, 2.24) is 4.98 Å². The SMILES string of the molecule is COc1ncc(C)c(C(C)C)c1C(C)C. The number of aryl methyl sites for hydroxylation is 1. The summed E-state index contributed by atoms with van der Waals surface area (Å²) < 4.78 is 5.34. The van der Waals surface area contributed by atoms with Crippen LogP contribution in [-0.4, -0.2) is 12.1 Å². The molecule has 0 amide bonds. The summed E-state index contributed by atoms with van der Waals surface area (Å²) in [5, 5.41) is 0. The van der Waals surface area contributed by atoms with Crippen LogP contribution in [0.5, 0.6) is 5.88 Å². The molecule has 0 atom stereocenters. The van der Waals surface area contributed by atoms with Crippen molar-refractivity contribution in [2.75, 3.05) is 7.11 Å². The Hall–Kier alpha value is -1.05. The molecular weight excluding hydrogens is 186 g/mol. The van der Waals surface area contributed by atoms with Gasteiger partial charge in [0.2, 0.25) is 5.88 Å². The Morgan fingerprint density at radius 1 is 1.07 bits per heavy atom. The zero-order chi connectivity index (χ0) is 11.6. The second-order valence-electron chi connectivity index (χ2n) is 4.59.